The number of carbonyl (C=O) groups is 1. The van der Waals surface area contributed by atoms with Gasteiger partial charge in [-0.15, -0.1) is 11.3 Å². The highest BCUT2D eigenvalue weighted by molar-refractivity contribution is 7.17. The molecule has 0 spiro atoms. The molecule has 0 atom stereocenters. The third-order valence-electron chi connectivity index (χ3n) is 4.82. The topological polar surface area (TPSA) is 68.1 Å². The Morgan fingerprint density at radius 3 is 2.32 bits per heavy atom. The molecule has 7 heteroatoms. The van der Waals surface area contributed by atoms with Crippen LogP contribution in [0.2, 0.25) is 0 Å². The number of aromatic nitrogens is 3. The minimum atomic E-state index is -0.175. The number of aryl methyl sites for hydroxylation is 3. The van der Waals surface area contributed by atoms with Crippen molar-refractivity contribution in [3.05, 3.63) is 32.2 Å². The Kier molecular flexibility index (Phi) is 5.03. The maximum Gasteiger partial charge on any atom is 0.277 e. The molecule has 3 heterocycles. The van der Waals surface area contributed by atoms with Crippen LogP contribution in [0.15, 0.2) is 4.79 Å². The predicted molar refractivity (Wildman–Crippen MR) is 99.2 cm³/mol. The highest BCUT2D eigenvalue weighted by Crippen LogP contribution is 2.30. The van der Waals surface area contributed by atoms with Gasteiger partial charge in [0.15, 0.2) is 0 Å². The van der Waals surface area contributed by atoms with Crippen molar-refractivity contribution in [1.29, 1.82) is 0 Å². The van der Waals surface area contributed by atoms with Crippen LogP contribution in [-0.4, -0.2) is 38.7 Å². The first kappa shape index (κ1) is 17.8. The SMILES string of the molecule is Cc1nc(-c2c(C)c(C)nn(C)c2=O)sc1C(=O)N1CCCCCC1. The molecule has 0 radical (unpaired) electrons. The molecule has 2 aromatic heterocycles. The van der Waals surface area contributed by atoms with Crippen LogP contribution in [0.4, 0.5) is 0 Å². The number of carbonyl (C=O) groups excluding carboxylic acids is 1. The van der Waals surface area contributed by atoms with Crippen molar-refractivity contribution >= 4 is 17.2 Å². The van der Waals surface area contributed by atoms with Crippen LogP contribution in [0, 0.1) is 20.8 Å². The summed E-state index contributed by atoms with van der Waals surface area (Å²) in [5, 5.41) is 4.82. The van der Waals surface area contributed by atoms with Gasteiger partial charge in [-0.05, 0) is 39.2 Å². The Morgan fingerprint density at radius 2 is 1.68 bits per heavy atom. The van der Waals surface area contributed by atoms with Crippen molar-refractivity contribution in [2.75, 3.05) is 13.1 Å². The van der Waals surface area contributed by atoms with Crippen LogP contribution in [0.5, 0.6) is 0 Å². The molecule has 134 valence electrons. The summed E-state index contributed by atoms with van der Waals surface area (Å²) in [6.45, 7) is 7.22. The zero-order chi connectivity index (χ0) is 18.1. The van der Waals surface area contributed by atoms with Gasteiger partial charge in [-0.1, -0.05) is 12.8 Å². The van der Waals surface area contributed by atoms with E-state index in [4.69, 9.17) is 0 Å². The summed E-state index contributed by atoms with van der Waals surface area (Å²) in [5.41, 5.74) is 2.70. The van der Waals surface area contributed by atoms with E-state index in [1.165, 1.54) is 28.9 Å². The number of hydrogen-bond acceptors (Lipinski definition) is 5. The van der Waals surface area contributed by atoms with Crippen molar-refractivity contribution in [2.24, 2.45) is 7.05 Å². The molecule has 0 aromatic carbocycles. The lowest BCUT2D eigenvalue weighted by Crippen LogP contribution is -2.31. The maximum absolute atomic E-state index is 12.9. The fourth-order valence-electron chi connectivity index (χ4n) is 3.22. The summed E-state index contributed by atoms with van der Waals surface area (Å²) in [5.74, 6) is 0.0448. The van der Waals surface area contributed by atoms with E-state index in [2.05, 4.69) is 10.1 Å². The Balaban J connectivity index is 2.01. The largest absolute Gasteiger partial charge is 0.338 e. The lowest BCUT2D eigenvalue weighted by Gasteiger charge is -2.19. The monoisotopic (exact) mass is 360 g/mol. The first-order chi connectivity index (χ1) is 11.9. The van der Waals surface area contributed by atoms with Gasteiger partial charge < -0.3 is 4.90 Å². The summed E-state index contributed by atoms with van der Waals surface area (Å²) in [6, 6.07) is 0. The Morgan fingerprint density at radius 1 is 1.04 bits per heavy atom. The lowest BCUT2D eigenvalue weighted by atomic mass is 10.1. The van der Waals surface area contributed by atoms with E-state index >= 15 is 0 Å². The van der Waals surface area contributed by atoms with Crippen LogP contribution in [0.25, 0.3) is 10.6 Å². The molecule has 2 aromatic rings. The number of rotatable bonds is 2. The molecule has 1 saturated heterocycles. The van der Waals surface area contributed by atoms with Gasteiger partial charge >= 0.3 is 0 Å². The van der Waals surface area contributed by atoms with E-state index in [-0.39, 0.29) is 11.5 Å². The summed E-state index contributed by atoms with van der Waals surface area (Å²) < 4.78 is 1.34. The molecule has 0 N–H and O–H groups in total. The third-order valence-corrected chi connectivity index (χ3v) is 5.99. The summed E-state index contributed by atoms with van der Waals surface area (Å²) in [4.78, 5) is 32.6. The number of likely N-dealkylation sites (tertiary alicyclic amines) is 1. The van der Waals surface area contributed by atoms with Crippen LogP contribution in [0.3, 0.4) is 0 Å². The summed E-state index contributed by atoms with van der Waals surface area (Å²) in [7, 11) is 1.64. The minimum absolute atomic E-state index is 0.0448. The van der Waals surface area contributed by atoms with E-state index < -0.39 is 0 Å². The second-order valence-electron chi connectivity index (χ2n) is 6.65. The number of nitrogens with zero attached hydrogens (tertiary/aromatic N) is 4. The fourth-order valence-corrected chi connectivity index (χ4v) is 4.35. The van der Waals surface area contributed by atoms with Crippen LogP contribution in [0.1, 0.15) is 52.3 Å². The molecule has 6 nitrogen and oxygen atoms in total. The van der Waals surface area contributed by atoms with Crippen molar-refractivity contribution in [2.45, 2.75) is 46.5 Å². The highest BCUT2D eigenvalue weighted by Gasteiger charge is 2.24. The van der Waals surface area contributed by atoms with Gasteiger partial charge in [0, 0.05) is 20.1 Å². The second-order valence-corrected chi connectivity index (χ2v) is 7.65. The number of amides is 1. The van der Waals surface area contributed by atoms with Crippen LogP contribution < -0.4 is 5.56 Å². The smallest absolute Gasteiger partial charge is 0.277 e. The summed E-state index contributed by atoms with van der Waals surface area (Å²) >= 11 is 1.32. The quantitative estimate of drug-likeness (QED) is 0.826. The molecular formula is C18H24N4O2S. The fraction of sp³-hybridized carbons (Fsp3) is 0.556. The van der Waals surface area contributed by atoms with Gasteiger partial charge in [-0.3, -0.25) is 9.59 Å². The average Bonchev–Trinajstić information content (AvgIpc) is 2.78. The molecule has 0 unspecified atom stereocenters. The molecular weight excluding hydrogens is 336 g/mol. The van der Waals surface area contributed by atoms with E-state index in [0.29, 0.717) is 21.1 Å². The third kappa shape index (κ3) is 3.38. The van der Waals surface area contributed by atoms with E-state index in [1.807, 2.05) is 25.7 Å². The van der Waals surface area contributed by atoms with Gasteiger partial charge in [0.1, 0.15) is 9.88 Å². The molecule has 3 rings (SSSR count). The first-order valence-electron chi connectivity index (χ1n) is 8.71. The lowest BCUT2D eigenvalue weighted by molar-refractivity contribution is 0.0765. The zero-order valence-electron chi connectivity index (χ0n) is 15.3. The zero-order valence-corrected chi connectivity index (χ0v) is 16.1. The molecule has 1 amide bonds. The minimum Gasteiger partial charge on any atom is -0.338 e. The molecule has 1 aliphatic rings. The summed E-state index contributed by atoms with van der Waals surface area (Å²) in [6.07, 6.45) is 4.48. The Bertz CT molecular complexity index is 861. The molecule has 0 bridgehead atoms. The Labute approximate surface area is 151 Å². The first-order valence-corrected chi connectivity index (χ1v) is 9.53. The van der Waals surface area contributed by atoms with E-state index in [1.54, 1.807) is 7.05 Å². The molecule has 1 fully saturated rings. The molecule has 0 saturated carbocycles. The normalized spacial score (nSPS) is 15.3. The second kappa shape index (κ2) is 7.07. The van der Waals surface area contributed by atoms with E-state index in [9.17, 15) is 9.59 Å². The molecule has 25 heavy (non-hydrogen) atoms. The van der Waals surface area contributed by atoms with Crippen molar-refractivity contribution in [3.63, 3.8) is 0 Å². The highest BCUT2D eigenvalue weighted by atomic mass is 32.1. The van der Waals surface area contributed by atoms with Crippen molar-refractivity contribution in [3.8, 4) is 10.6 Å². The average molecular weight is 360 g/mol. The molecule has 0 aliphatic carbocycles. The molecule has 1 aliphatic heterocycles. The van der Waals surface area contributed by atoms with Gasteiger partial charge in [-0.2, -0.15) is 5.10 Å². The van der Waals surface area contributed by atoms with Gasteiger partial charge in [0.2, 0.25) is 0 Å². The van der Waals surface area contributed by atoms with Crippen molar-refractivity contribution in [1.82, 2.24) is 19.7 Å². The van der Waals surface area contributed by atoms with Gasteiger partial charge in [0.25, 0.3) is 11.5 Å². The van der Waals surface area contributed by atoms with Gasteiger partial charge in [0.05, 0.1) is 17.0 Å². The van der Waals surface area contributed by atoms with E-state index in [0.717, 1.165) is 37.2 Å². The van der Waals surface area contributed by atoms with Crippen LogP contribution in [-0.2, 0) is 7.05 Å². The maximum atomic E-state index is 12.9. The predicted octanol–water partition coefficient (Wildman–Crippen LogP) is 2.85. The standard InChI is InChI=1S/C18H24N4O2S/c1-11-12(2)20-21(4)17(23)14(11)16-19-13(3)15(25-16)18(24)22-9-7-5-6-8-10-22/h5-10H2,1-4H3. The number of hydrogen-bond donors (Lipinski definition) is 0. The van der Waals surface area contributed by atoms with Gasteiger partial charge in [-0.25, -0.2) is 9.67 Å². The Hall–Kier alpha value is -2.02. The van der Waals surface area contributed by atoms with Crippen LogP contribution >= 0.6 is 11.3 Å². The number of thiazole rings is 1. The van der Waals surface area contributed by atoms with Crippen molar-refractivity contribution < 1.29 is 4.79 Å².